The fourth-order valence-corrected chi connectivity index (χ4v) is 3.41. The Morgan fingerprint density at radius 2 is 2.12 bits per heavy atom. The molecule has 0 saturated carbocycles. The van der Waals surface area contributed by atoms with Gasteiger partial charge >= 0.3 is 0 Å². The Kier molecular flexibility index (Phi) is 4.43. The maximum absolute atomic E-state index is 5.86. The van der Waals surface area contributed by atoms with Crippen molar-refractivity contribution in [2.75, 3.05) is 11.9 Å². The second kappa shape index (κ2) is 6.70. The largest absolute Gasteiger partial charge is 0.358 e. The van der Waals surface area contributed by atoms with E-state index in [4.69, 9.17) is 4.74 Å². The van der Waals surface area contributed by atoms with Gasteiger partial charge in [0.25, 0.3) is 0 Å². The molecule has 24 heavy (non-hydrogen) atoms. The van der Waals surface area contributed by atoms with Gasteiger partial charge in [0.15, 0.2) is 22.1 Å². The average molecular weight is 406 g/mol. The second-order valence-electron chi connectivity index (χ2n) is 5.62. The van der Waals surface area contributed by atoms with E-state index in [2.05, 4.69) is 48.8 Å². The van der Waals surface area contributed by atoms with Crippen molar-refractivity contribution >= 4 is 51.2 Å². The third-order valence-corrected chi connectivity index (χ3v) is 4.89. The van der Waals surface area contributed by atoms with Crippen LogP contribution in [0, 0.1) is 0 Å². The number of nitrogens with zero attached hydrogens (tertiary/aromatic N) is 4. The zero-order valence-corrected chi connectivity index (χ0v) is 15.3. The number of aromatic nitrogens is 4. The maximum atomic E-state index is 5.86. The van der Waals surface area contributed by atoms with Crippen molar-refractivity contribution in [1.82, 2.24) is 19.5 Å². The van der Waals surface area contributed by atoms with Gasteiger partial charge in [-0.1, -0.05) is 12.1 Å². The number of nitrogens with one attached hydrogen (secondary N) is 1. The Morgan fingerprint density at radius 1 is 1.25 bits per heavy atom. The summed E-state index contributed by atoms with van der Waals surface area (Å²) in [6.07, 6.45) is 4.96. The number of halogens is 1. The lowest BCUT2D eigenvalue weighted by atomic mass is 10.2. The first-order chi connectivity index (χ1) is 11.7. The van der Waals surface area contributed by atoms with Crippen molar-refractivity contribution in [3.63, 3.8) is 0 Å². The molecule has 1 aliphatic heterocycles. The normalized spacial score (nSPS) is 18.0. The van der Waals surface area contributed by atoms with Gasteiger partial charge < -0.3 is 10.1 Å². The number of benzene rings is 1. The molecule has 0 bridgehead atoms. The van der Waals surface area contributed by atoms with Crippen molar-refractivity contribution < 1.29 is 4.74 Å². The third-order valence-electron chi connectivity index (χ3n) is 4.00. The molecule has 8 heteroatoms. The van der Waals surface area contributed by atoms with Gasteiger partial charge in [0.1, 0.15) is 6.23 Å². The van der Waals surface area contributed by atoms with E-state index in [1.807, 2.05) is 28.8 Å². The predicted octanol–water partition coefficient (Wildman–Crippen LogP) is 4.32. The van der Waals surface area contributed by atoms with Gasteiger partial charge in [-0.15, -0.1) is 12.6 Å². The molecule has 0 amide bonds. The van der Waals surface area contributed by atoms with E-state index in [-0.39, 0.29) is 6.23 Å². The van der Waals surface area contributed by atoms with E-state index >= 15 is 0 Å². The SMILES string of the molecule is Sc1nc(Nc2ccccc2Br)c2ncn(C3CCCCO3)c2n1. The molecule has 1 atom stereocenters. The van der Waals surface area contributed by atoms with Crippen molar-refractivity contribution in [2.24, 2.45) is 0 Å². The van der Waals surface area contributed by atoms with Crippen molar-refractivity contribution in [3.8, 4) is 0 Å². The first-order valence-corrected chi connectivity index (χ1v) is 9.03. The maximum Gasteiger partial charge on any atom is 0.188 e. The number of imidazole rings is 1. The van der Waals surface area contributed by atoms with Crippen LogP contribution in [0.3, 0.4) is 0 Å². The Balaban J connectivity index is 1.76. The first kappa shape index (κ1) is 15.9. The fourth-order valence-electron chi connectivity index (χ4n) is 2.84. The summed E-state index contributed by atoms with van der Waals surface area (Å²) in [6.45, 7) is 0.769. The molecule has 1 fully saturated rings. The van der Waals surface area contributed by atoms with Gasteiger partial charge in [-0.05, 0) is 47.3 Å². The van der Waals surface area contributed by atoms with Crippen LogP contribution in [0.1, 0.15) is 25.5 Å². The molecule has 124 valence electrons. The minimum atomic E-state index is -0.0253. The minimum absolute atomic E-state index is 0.0253. The van der Waals surface area contributed by atoms with E-state index in [9.17, 15) is 0 Å². The first-order valence-electron chi connectivity index (χ1n) is 7.79. The average Bonchev–Trinajstić information content (AvgIpc) is 3.01. The summed E-state index contributed by atoms with van der Waals surface area (Å²) in [4.78, 5) is 13.4. The number of ether oxygens (including phenoxy) is 1. The van der Waals surface area contributed by atoms with Gasteiger partial charge in [0, 0.05) is 11.1 Å². The van der Waals surface area contributed by atoms with E-state index in [1.54, 1.807) is 6.33 Å². The summed E-state index contributed by atoms with van der Waals surface area (Å²) < 4.78 is 8.78. The molecule has 1 unspecified atom stereocenters. The molecular formula is C16H16BrN5OS. The molecule has 1 aromatic carbocycles. The van der Waals surface area contributed by atoms with Gasteiger partial charge in [-0.25, -0.2) is 15.0 Å². The molecule has 3 aromatic rings. The lowest BCUT2D eigenvalue weighted by Gasteiger charge is -2.23. The van der Waals surface area contributed by atoms with Crippen LogP contribution in [-0.2, 0) is 4.74 Å². The van der Waals surface area contributed by atoms with E-state index < -0.39 is 0 Å². The number of hydrogen-bond donors (Lipinski definition) is 2. The molecule has 6 nitrogen and oxygen atoms in total. The van der Waals surface area contributed by atoms with Crippen LogP contribution < -0.4 is 5.32 Å². The third kappa shape index (κ3) is 3.01. The highest BCUT2D eigenvalue weighted by Crippen LogP contribution is 2.31. The Hall–Kier alpha value is -1.64. The Labute approximate surface area is 153 Å². The van der Waals surface area contributed by atoms with E-state index in [0.717, 1.165) is 41.7 Å². The molecule has 1 aliphatic rings. The van der Waals surface area contributed by atoms with Gasteiger partial charge in [0.05, 0.1) is 12.0 Å². The summed E-state index contributed by atoms with van der Waals surface area (Å²) in [7, 11) is 0. The van der Waals surface area contributed by atoms with Crippen LogP contribution in [0.4, 0.5) is 11.5 Å². The second-order valence-corrected chi connectivity index (χ2v) is 6.88. The summed E-state index contributed by atoms with van der Waals surface area (Å²) in [5.41, 5.74) is 2.35. The van der Waals surface area contributed by atoms with E-state index in [1.165, 1.54) is 0 Å². The van der Waals surface area contributed by atoms with Crippen LogP contribution in [0.5, 0.6) is 0 Å². The number of fused-ring (bicyclic) bond motifs is 1. The summed E-state index contributed by atoms with van der Waals surface area (Å²) >= 11 is 7.89. The van der Waals surface area contributed by atoms with Crippen molar-refractivity contribution in [3.05, 3.63) is 35.1 Å². The highest BCUT2D eigenvalue weighted by atomic mass is 79.9. The molecule has 3 heterocycles. The topological polar surface area (TPSA) is 64.9 Å². The molecule has 0 spiro atoms. The molecular weight excluding hydrogens is 390 g/mol. The zero-order valence-electron chi connectivity index (χ0n) is 12.8. The highest BCUT2D eigenvalue weighted by molar-refractivity contribution is 9.10. The molecule has 2 aromatic heterocycles. The lowest BCUT2D eigenvalue weighted by Crippen LogP contribution is -2.17. The Morgan fingerprint density at radius 3 is 2.92 bits per heavy atom. The summed E-state index contributed by atoms with van der Waals surface area (Å²) in [5.74, 6) is 0.631. The van der Waals surface area contributed by atoms with Crippen LogP contribution >= 0.6 is 28.6 Å². The predicted molar refractivity (Wildman–Crippen MR) is 98.8 cm³/mol. The Bertz CT molecular complexity index is 878. The number of para-hydroxylation sites is 1. The molecule has 1 N–H and O–H groups in total. The van der Waals surface area contributed by atoms with E-state index in [0.29, 0.717) is 16.5 Å². The van der Waals surface area contributed by atoms with Crippen LogP contribution in [-0.4, -0.2) is 26.1 Å². The summed E-state index contributed by atoms with van der Waals surface area (Å²) in [5, 5.41) is 3.71. The number of anilines is 2. The monoisotopic (exact) mass is 405 g/mol. The smallest absolute Gasteiger partial charge is 0.188 e. The minimum Gasteiger partial charge on any atom is -0.358 e. The highest BCUT2D eigenvalue weighted by Gasteiger charge is 2.21. The molecule has 0 aliphatic carbocycles. The number of thiol groups is 1. The number of rotatable bonds is 3. The zero-order chi connectivity index (χ0) is 16.5. The molecule has 1 saturated heterocycles. The lowest BCUT2D eigenvalue weighted by molar-refractivity contribution is -0.0298. The fraction of sp³-hybridized carbons (Fsp3) is 0.312. The molecule has 4 rings (SSSR count). The van der Waals surface area contributed by atoms with Gasteiger partial charge in [-0.2, -0.15) is 0 Å². The van der Waals surface area contributed by atoms with Crippen LogP contribution in [0.25, 0.3) is 11.2 Å². The number of hydrogen-bond acceptors (Lipinski definition) is 6. The standard InChI is InChI=1S/C16H16BrN5OS/c17-10-5-1-2-6-11(10)19-14-13-15(21-16(24)20-14)22(9-18-13)12-7-3-4-8-23-12/h1-2,5-6,9,12H,3-4,7-8H2,(H2,19,20,21,24). The van der Waals surface area contributed by atoms with Gasteiger partial charge in [0.2, 0.25) is 0 Å². The van der Waals surface area contributed by atoms with Crippen molar-refractivity contribution in [2.45, 2.75) is 30.6 Å². The van der Waals surface area contributed by atoms with Crippen molar-refractivity contribution in [1.29, 1.82) is 0 Å². The summed E-state index contributed by atoms with van der Waals surface area (Å²) in [6, 6.07) is 7.86. The molecule has 0 radical (unpaired) electrons. The van der Waals surface area contributed by atoms with Crippen LogP contribution in [0.15, 0.2) is 40.2 Å². The van der Waals surface area contributed by atoms with Gasteiger partial charge in [-0.3, -0.25) is 4.57 Å². The quantitative estimate of drug-likeness (QED) is 0.501. The van der Waals surface area contributed by atoms with Crippen LogP contribution in [0.2, 0.25) is 0 Å².